The number of hydrogen-bond acceptors (Lipinski definition) is 20. The Labute approximate surface area is 717 Å². The third-order valence-electron chi connectivity index (χ3n) is 25.2. The Kier molecular flexibility index (Phi) is 24.8. The van der Waals surface area contributed by atoms with Crippen LogP contribution in [-0.4, -0.2) is 178 Å². The zero-order valence-electron chi connectivity index (χ0n) is 70.5. The van der Waals surface area contributed by atoms with Crippen molar-refractivity contribution in [2.75, 3.05) is 26.2 Å². The highest BCUT2D eigenvalue weighted by Crippen LogP contribution is 2.44. The molecule has 24 heteroatoms. The standard InChI is InChI=1S/C26H28N4O2.C25H26N4O2.2C24H24N4O2/c1-16-6-9-23(28-13-16)32-22-12-19-7-8-21(22)30(15-19)26(31)25-20(11-17(2)14-29-25)24-18(3)5-4-10-27-24;1-16-6-9-22(28-14-16)31-21-13-18-7-8-20(21)29(15-18)25(30)24-23(17(2)10-12-27-24)19-5-3-4-11-26-19;1-16-7-10-22(27-14-16)30-21-13-17-8-9-20(21)28(15-17)24(29)18-5-4-12-26-23(18)19-6-2-3-11-25-19;1-16-7-10-22(27-14-16)30-21-13-17-8-9-20(21)28(15-17)24(29)23-18(5-4-12-26-23)19-6-2-3-11-25-19/h4-6,9-11,13-14,19,21-22H,7-8,12,15H2,1-3H3;3-6,9-12,14,18,20-21H,7-8,13,15H2,1-2H3;2*2-7,10-12,14,17,20-21H,8-9,13,15H2,1H3. The lowest BCUT2D eigenvalue weighted by Gasteiger charge is -2.49. The summed E-state index contributed by atoms with van der Waals surface area (Å²) in [6.45, 7) is 17.1. The van der Waals surface area contributed by atoms with Crippen LogP contribution >= 0.6 is 0 Å². The number of aromatic nitrogens is 12. The van der Waals surface area contributed by atoms with Gasteiger partial charge in [-0.15, -0.1) is 0 Å². The Hall–Kier alpha value is -13.1. The molecule has 12 aromatic heterocycles. The zero-order valence-corrected chi connectivity index (χ0v) is 70.5. The van der Waals surface area contributed by atoms with Crippen LogP contribution in [0.4, 0.5) is 0 Å². The average molecular weight is 1640 g/mol. The van der Waals surface area contributed by atoms with Crippen LogP contribution in [0.5, 0.6) is 23.5 Å². The molecule has 12 unspecified atom stereocenters. The van der Waals surface area contributed by atoms with Crippen molar-refractivity contribution in [3.63, 3.8) is 0 Å². The number of pyridine rings is 12. The minimum absolute atomic E-state index is 0.00335. The number of aryl methyl sites for hydroxylation is 7. The summed E-state index contributed by atoms with van der Waals surface area (Å²) in [4.78, 5) is 116. The third kappa shape index (κ3) is 18.6. The van der Waals surface area contributed by atoms with Crippen LogP contribution in [0.1, 0.15) is 158 Å². The second-order valence-corrected chi connectivity index (χ2v) is 34.0. The molecule has 0 N–H and O–H groups in total. The first kappa shape index (κ1) is 82.2. The Morgan fingerprint density at radius 3 is 1.09 bits per heavy atom. The summed E-state index contributed by atoms with van der Waals surface area (Å²) in [5, 5.41) is 0. The molecule has 0 aromatic carbocycles. The fourth-order valence-electron chi connectivity index (χ4n) is 19.1. The smallest absolute Gasteiger partial charge is 0.273 e. The van der Waals surface area contributed by atoms with Gasteiger partial charge < -0.3 is 38.5 Å². The van der Waals surface area contributed by atoms with Gasteiger partial charge in [-0.3, -0.25) is 59.0 Å². The Balaban J connectivity index is 0.000000116. The predicted molar refractivity (Wildman–Crippen MR) is 466 cm³/mol. The predicted octanol–water partition coefficient (Wildman–Crippen LogP) is 16.6. The lowest BCUT2D eigenvalue weighted by atomic mass is 9.77. The minimum atomic E-state index is -0.0489. The fourth-order valence-corrected chi connectivity index (χ4v) is 19.1. The first-order valence-corrected chi connectivity index (χ1v) is 43.1. The number of nitrogens with zero attached hydrogens (tertiary/aromatic N) is 16. The van der Waals surface area contributed by atoms with Crippen molar-refractivity contribution < 1.29 is 38.1 Å². The largest absolute Gasteiger partial charge is 0.472 e. The van der Waals surface area contributed by atoms with E-state index in [0.29, 0.717) is 81.2 Å². The summed E-state index contributed by atoms with van der Waals surface area (Å²) < 4.78 is 25.0. The van der Waals surface area contributed by atoms with Crippen molar-refractivity contribution in [2.45, 2.75) is 174 Å². The SMILES string of the molecule is Cc1ccc(OC2CC3CCC2N(C(=O)c2cccnc2-c2ccccn2)C3)nc1.Cc1ccc(OC2CC3CCC2N(C(=O)c2ncc(C)cc2-c2ncccc2C)C3)nc1.Cc1ccc(OC2CC3CCC2N(C(=O)c2nccc(C)c2-c2ccccn2)C3)nc1.Cc1ccc(OC2CC3CCC2N(C(=O)c2ncccc2-c2ccccn2)C3)nc1. The van der Waals surface area contributed by atoms with Gasteiger partial charge in [0, 0.05) is 141 Å². The van der Waals surface area contributed by atoms with Gasteiger partial charge >= 0.3 is 0 Å². The molecule has 12 aliphatic rings. The van der Waals surface area contributed by atoms with E-state index in [9.17, 15) is 19.2 Å². The van der Waals surface area contributed by atoms with E-state index in [1.807, 2.05) is 245 Å². The van der Waals surface area contributed by atoms with Crippen LogP contribution in [0, 0.1) is 72.1 Å². The molecule has 4 saturated carbocycles. The van der Waals surface area contributed by atoms with Crippen LogP contribution in [0.25, 0.3) is 45.2 Å². The minimum Gasteiger partial charge on any atom is -0.472 e. The topological polar surface area (TPSA) is 273 Å². The van der Waals surface area contributed by atoms with E-state index in [-0.39, 0.29) is 72.2 Å². The summed E-state index contributed by atoms with van der Waals surface area (Å²) in [7, 11) is 0. The molecule has 123 heavy (non-hydrogen) atoms. The molecule has 0 spiro atoms. The summed E-state index contributed by atoms with van der Waals surface area (Å²) in [6.07, 6.45) is 33.0. The first-order valence-electron chi connectivity index (χ1n) is 43.1. The molecule has 4 aliphatic carbocycles. The van der Waals surface area contributed by atoms with Gasteiger partial charge in [-0.1, -0.05) is 48.5 Å². The van der Waals surface area contributed by atoms with Gasteiger partial charge in [-0.2, -0.15) is 0 Å². The molecule has 12 atom stereocenters. The highest BCUT2D eigenvalue weighted by atomic mass is 16.5. The first-order chi connectivity index (χ1) is 60.0. The molecular weight excluding hydrogens is 1540 g/mol. The zero-order chi connectivity index (χ0) is 84.6. The number of piperidine rings is 8. The normalized spacial score (nSPS) is 22.5. The van der Waals surface area contributed by atoms with Crippen LogP contribution in [0.15, 0.2) is 226 Å². The molecule has 8 bridgehead atoms. The summed E-state index contributed by atoms with van der Waals surface area (Å²) in [6, 6.07) is 48.1. The molecule has 8 aliphatic heterocycles. The van der Waals surface area contributed by atoms with Crippen LogP contribution < -0.4 is 18.9 Å². The highest BCUT2D eigenvalue weighted by Gasteiger charge is 2.50. The Morgan fingerprint density at radius 1 is 0.293 bits per heavy atom. The molecule has 24 nitrogen and oxygen atoms in total. The fraction of sp³-hybridized carbons (Fsp3) is 0.354. The quantitative estimate of drug-likeness (QED) is 0.0869. The molecule has 24 rings (SSSR count). The number of rotatable bonds is 16. The van der Waals surface area contributed by atoms with Gasteiger partial charge in [-0.25, -0.2) is 19.9 Å². The molecule has 626 valence electrons. The van der Waals surface area contributed by atoms with Gasteiger partial charge in [0.05, 0.1) is 52.5 Å². The maximum absolute atomic E-state index is 13.8. The number of hydrogen-bond donors (Lipinski definition) is 0. The van der Waals surface area contributed by atoms with Gasteiger partial charge in [-0.05, 0) is 267 Å². The maximum atomic E-state index is 13.8. The third-order valence-corrected chi connectivity index (χ3v) is 25.2. The molecule has 12 fully saturated rings. The Bertz CT molecular complexity index is 5540. The number of fused-ring (bicyclic) bond motifs is 12. The van der Waals surface area contributed by atoms with Gasteiger partial charge in [0.2, 0.25) is 23.5 Å². The number of ether oxygens (including phenoxy) is 4. The van der Waals surface area contributed by atoms with E-state index >= 15 is 0 Å². The van der Waals surface area contributed by atoms with Crippen molar-refractivity contribution in [2.24, 2.45) is 23.7 Å². The molecule has 4 amide bonds. The summed E-state index contributed by atoms with van der Waals surface area (Å²) in [5.74, 6) is 4.14. The van der Waals surface area contributed by atoms with Crippen LogP contribution in [0.2, 0.25) is 0 Å². The van der Waals surface area contributed by atoms with E-state index in [4.69, 9.17) is 18.9 Å². The van der Waals surface area contributed by atoms with E-state index in [0.717, 1.165) is 176 Å². The monoisotopic (exact) mass is 1640 g/mol. The van der Waals surface area contributed by atoms with Gasteiger partial charge in [0.15, 0.2) is 0 Å². The van der Waals surface area contributed by atoms with Crippen molar-refractivity contribution >= 4 is 23.6 Å². The van der Waals surface area contributed by atoms with Crippen LogP contribution in [-0.2, 0) is 0 Å². The van der Waals surface area contributed by atoms with E-state index in [1.54, 1.807) is 49.6 Å². The van der Waals surface area contributed by atoms with Crippen molar-refractivity contribution in [3.05, 3.63) is 288 Å². The van der Waals surface area contributed by atoms with E-state index in [1.165, 1.54) is 0 Å². The number of carbonyl (C=O) groups is 4. The van der Waals surface area contributed by atoms with Crippen molar-refractivity contribution in [3.8, 4) is 68.7 Å². The lowest BCUT2D eigenvalue weighted by molar-refractivity contribution is -0.0316. The maximum Gasteiger partial charge on any atom is 0.273 e. The Morgan fingerprint density at radius 2 is 0.667 bits per heavy atom. The van der Waals surface area contributed by atoms with Crippen molar-refractivity contribution in [1.29, 1.82) is 0 Å². The molecule has 0 radical (unpaired) electrons. The second-order valence-electron chi connectivity index (χ2n) is 34.0. The average Bonchev–Trinajstić information content (AvgIpc) is 0.779. The second kappa shape index (κ2) is 37.1. The molecule has 12 aromatic rings. The van der Waals surface area contributed by atoms with E-state index in [2.05, 4.69) is 59.8 Å². The number of amides is 4. The molecule has 20 heterocycles. The van der Waals surface area contributed by atoms with Crippen molar-refractivity contribution in [1.82, 2.24) is 79.4 Å². The van der Waals surface area contributed by atoms with Gasteiger partial charge in [0.25, 0.3) is 23.6 Å². The van der Waals surface area contributed by atoms with E-state index < -0.39 is 0 Å². The molecular formula is C99H102N16O8. The highest BCUT2D eigenvalue weighted by molar-refractivity contribution is 6.02. The van der Waals surface area contributed by atoms with Gasteiger partial charge in [0.1, 0.15) is 47.2 Å². The summed E-state index contributed by atoms with van der Waals surface area (Å²) >= 11 is 0. The lowest BCUT2D eigenvalue weighted by Crippen LogP contribution is -2.59. The number of carbonyl (C=O) groups excluding carboxylic acids is 4. The summed E-state index contributed by atoms with van der Waals surface area (Å²) in [5.41, 5.74) is 15.5. The van der Waals surface area contributed by atoms with Crippen LogP contribution in [0.3, 0.4) is 0 Å². The molecule has 8 saturated heterocycles.